The Bertz CT molecular complexity index is 854. The fourth-order valence-electron chi connectivity index (χ4n) is 2.52. The van der Waals surface area contributed by atoms with Crippen LogP contribution in [-0.2, 0) is 6.54 Å². The maximum absolute atomic E-state index is 5.35. The van der Waals surface area contributed by atoms with E-state index in [2.05, 4.69) is 59.9 Å². The van der Waals surface area contributed by atoms with Crippen LogP contribution in [0, 0.1) is 13.8 Å². The van der Waals surface area contributed by atoms with Crippen molar-refractivity contribution in [1.82, 2.24) is 9.78 Å². The SMILES string of the molecule is Cc1cccc(Cn2ccc(NC(=S)Nc3cccc(C)c3)n2)c1. The van der Waals surface area contributed by atoms with Gasteiger partial charge in [0.1, 0.15) is 0 Å². The Labute approximate surface area is 147 Å². The molecule has 0 aliphatic rings. The van der Waals surface area contributed by atoms with Crippen molar-refractivity contribution >= 4 is 28.8 Å². The van der Waals surface area contributed by atoms with Crippen LogP contribution < -0.4 is 10.6 Å². The van der Waals surface area contributed by atoms with Crippen LogP contribution in [0.1, 0.15) is 16.7 Å². The van der Waals surface area contributed by atoms with Crippen LogP contribution in [0.15, 0.2) is 60.8 Å². The summed E-state index contributed by atoms with van der Waals surface area (Å²) < 4.78 is 1.90. The van der Waals surface area contributed by atoms with Gasteiger partial charge in [-0.2, -0.15) is 5.10 Å². The lowest BCUT2D eigenvalue weighted by Crippen LogP contribution is -2.19. The van der Waals surface area contributed by atoms with Crippen LogP contribution in [0.2, 0.25) is 0 Å². The summed E-state index contributed by atoms with van der Waals surface area (Å²) >= 11 is 5.35. The van der Waals surface area contributed by atoms with Crippen LogP contribution in [0.3, 0.4) is 0 Å². The molecule has 2 aromatic carbocycles. The van der Waals surface area contributed by atoms with Crippen LogP contribution in [-0.4, -0.2) is 14.9 Å². The number of aromatic nitrogens is 2. The van der Waals surface area contributed by atoms with Gasteiger partial charge in [0, 0.05) is 18.0 Å². The van der Waals surface area contributed by atoms with E-state index in [9.17, 15) is 0 Å². The molecule has 0 aliphatic carbocycles. The Morgan fingerprint density at radius 2 is 1.75 bits per heavy atom. The summed E-state index contributed by atoms with van der Waals surface area (Å²) in [6.45, 7) is 4.88. The number of nitrogens with zero attached hydrogens (tertiary/aromatic N) is 2. The van der Waals surface area contributed by atoms with Gasteiger partial charge in [-0.15, -0.1) is 0 Å². The third-order valence-corrected chi connectivity index (χ3v) is 3.79. The lowest BCUT2D eigenvalue weighted by atomic mass is 10.1. The molecule has 0 bridgehead atoms. The maximum atomic E-state index is 5.35. The van der Waals surface area contributed by atoms with E-state index < -0.39 is 0 Å². The van der Waals surface area contributed by atoms with Crippen molar-refractivity contribution in [1.29, 1.82) is 0 Å². The first-order valence-electron chi connectivity index (χ1n) is 7.82. The molecule has 0 saturated heterocycles. The summed E-state index contributed by atoms with van der Waals surface area (Å²) in [5.41, 5.74) is 4.63. The molecule has 4 nitrogen and oxygen atoms in total. The molecule has 0 radical (unpaired) electrons. The number of aryl methyl sites for hydroxylation is 2. The highest BCUT2D eigenvalue weighted by molar-refractivity contribution is 7.80. The Morgan fingerprint density at radius 1 is 1.00 bits per heavy atom. The standard InChI is InChI=1S/C19H20N4S/c1-14-5-3-7-16(11-14)13-23-10-9-18(22-23)21-19(24)20-17-8-4-6-15(2)12-17/h3-12H,13H2,1-2H3,(H2,20,21,22,24). The van der Waals surface area contributed by atoms with E-state index in [-0.39, 0.29) is 0 Å². The highest BCUT2D eigenvalue weighted by Gasteiger charge is 2.03. The number of hydrogen-bond acceptors (Lipinski definition) is 2. The van der Waals surface area contributed by atoms with Crippen molar-refractivity contribution in [3.8, 4) is 0 Å². The largest absolute Gasteiger partial charge is 0.332 e. The fourth-order valence-corrected chi connectivity index (χ4v) is 2.74. The second-order valence-electron chi connectivity index (χ2n) is 5.84. The second kappa shape index (κ2) is 7.27. The zero-order valence-electron chi connectivity index (χ0n) is 13.8. The van der Waals surface area contributed by atoms with Gasteiger partial charge in [-0.05, 0) is 49.3 Å². The molecule has 0 saturated carbocycles. The highest BCUT2D eigenvalue weighted by Crippen LogP contribution is 2.11. The Balaban J connectivity index is 1.60. The van der Waals surface area contributed by atoms with Crippen LogP contribution >= 0.6 is 12.2 Å². The molecule has 0 aliphatic heterocycles. The van der Waals surface area contributed by atoms with Crippen LogP contribution in [0.4, 0.5) is 11.5 Å². The molecule has 3 aromatic rings. The highest BCUT2D eigenvalue weighted by atomic mass is 32.1. The van der Waals surface area contributed by atoms with Crippen LogP contribution in [0.25, 0.3) is 0 Å². The topological polar surface area (TPSA) is 41.9 Å². The monoisotopic (exact) mass is 336 g/mol. The molecule has 2 N–H and O–H groups in total. The van der Waals surface area contributed by atoms with Gasteiger partial charge in [-0.3, -0.25) is 4.68 Å². The number of rotatable bonds is 4. The van der Waals surface area contributed by atoms with Gasteiger partial charge in [0.05, 0.1) is 6.54 Å². The fraction of sp³-hybridized carbons (Fsp3) is 0.158. The van der Waals surface area contributed by atoms with Crippen molar-refractivity contribution in [2.24, 2.45) is 0 Å². The molecule has 24 heavy (non-hydrogen) atoms. The number of thiocarbonyl (C=S) groups is 1. The molecule has 3 rings (SSSR count). The van der Waals surface area contributed by atoms with Gasteiger partial charge in [0.2, 0.25) is 0 Å². The van der Waals surface area contributed by atoms with E-state index in [0.717, 1.165) is 18.1 Å². The molecular weight excluding hydrogens is 316 g/mol. The number of nitrogens with one attached hydrogen (secondary N) is 2. The van der Waals surface area contributed by atoms with E-state index >= 15 is 0 Å². The van der Waals surface area contributed by atoms with Gasteiger partial charge in [0.25, 0.3) is 0 Å². The zero-order chi connectivity index (χ0) is 16.9. The molecule has 0 atom stereocenters. The molecule has 0 unspecified atom stereocenters. The van der Waals surface area contributed by atoms with Gasteiger partial charge in [-0.25, -0.2) is 0 Å². The van der Waals surface area contributed by atoms with Crippen molar-refractivity contribution in [2.75, 3.05) is 10.6 Å². The molecule has 1 aromatic heterocycles. The Morgan fingerprint density at radius 3 is 2.50 bits per heavy atom. The minimum absolute atomic E-state index is 0.529. The summed E-state index contributed by atoms with van der Waals surface area (Å²) in [6.07, 6.45) is 1.94. The Kier molecular flexibility index (Phi) is 4.91. The maximum Gasteiger partial charge on any atom is 0.176 e. The van der Waals surface area contributed by atoms with Crippen molar-refractivity contribution in [3.05, 3.63) is 77.5 Å². The third-order valence-electron chi connectivity index (χ3n) is 3.59. The first-order chi connectivity index (χ1) is 11.6. The summed E-state index contributed by atoms with van der Waals surface area (Å²) in [6, 6.07) is 18.4. The van der Waals surface area contributed by atoms with Crippen molar-refractivity contribution in [2.45, 2.75) is 20.4 Å². The Hall–Kier alpha value is -2.66. The average molecular weight is 336 g/mol. The number of anilines is 2. The van der Waals surface area contributed by atoms with Crippen molar-refractivity contribution < 1.29 is 0 Å². The van der Waals surface area contributed by atoms with Crippen molar-refractivity contribution in [3.63, 3.8) is 0 Å². The smallest absolute Gasteiger partial charge is 0.176 e. The lowest BCUT2D eigenvalue weighted by Gasteiger charge is -2.09. The average Bonchev–Trinajstić information content (AvgIpc) is 2.94. The van der Waals surface area contributed by atoms with E-state index in [1.54, 1.807) is 0 Å². The molecule has 5 heteroatoms. The molecule has 0 fully saturated rings. The first-order valence-corrected chi connectivity index (χ1v) is 8.23. The van der Waals surface area contributed by atoms with Gasteiger partial charge >= 0.3 is 0 Å². The van der Waals surface area contributed by atoms with E-state index in [1.165, 1.54) is 16.7 Å². The molecule has 122 valence electrons. The summed E-state index contributed by atoms with van der Waals surface area (Å²) in [5.74, 6) is 0.729. The molecular formula is C19H20N4S. The third kappa shape index (κ3) is 4.43. The molecule has 1 heterocycles. The lowest BCUT2D eigenvalue weighted by molar-refractivity contribution is 0.689. The minimum atomic E-state index is 0.529. The van der Waals surface area contributed by atoms with E-state index in [4.69, 9.17) is 12.2 Å². The van der Waals surface area contributed by atoms with Gasteiger partial charge in [0.15, 0.2) is 10.9 Å². The first kappa shape index (κ1) is 16.2. The van der Waals surface area contributed by atoms with E-state index in [1.807, 2.05) is 35.1 Å². The minimum Gasteiger partial charge on any atom is -0.332 e. The van der Waals surface area contributed by atoms with Crippen LogP contribution in [0.5, 0.6) is 0 Å². The quantitative estimate of drug-likeness (QED) is 0.695. The number of benzene rings is 2. The predicted octanol–water partition coefficient (Wildman–Crippen LogP) is 4.36. The number of hydrogen-bond donors (Lipinski definition) is 2. The summed E-state index contributed by atoms with van der Waals surface area (Å²) in [5, 5.41) is 11.3. The normalized spacial score (nSPS) is 10.4. The second-order valence-corrected chi connectivity index (χ2v) is 6.24. The summed E-state index contributed by atoms with van der Waals surface area (Å²) in [4.78, 5) is 0. The zero-order valence-corrected chi connectivity index (χ0v) is 14.6. The molecule has 0 spiro atoms. The van der Waals surface area contributed by atoms with E-state index in [0.29, 0.717) is 5.11 Å². The summed E-state index contributed by atoms with van der Waals surface area (Å²) in [7, 11) is 0. The predicted molar refractivity (Wildman–Crippen MR) is 104 cm³/mol. The van der Waals surface area contributed by atoms with Gasteiger partial charge in [-0.1, -0.05) is 42.0 Å². The van der Waals surface area contributed by atoms with Gasteiger partial charge < -0.3 is 10.6 Å². The molecule has 0 amide bonds.